The van der Waals surface area contributed by atoms with Crippen molar-refractivity contribution in [3.8, 4) is 0 Å². The van der Waals surface area contributed by atoms with Gasteiger partial charge in [-0.05, 0) is 36.8 Å². The summed E-state index contributed by atoms with van der Waals surface area (Å²) >= 11 is 5.85. The fraction of sp³-hybridized carbons (Fsp3) is 0.269. The molecular weight excluding hydrogens is 542 g/mol. The van der Waals surface area contributed by atoms with Gasteiger partial charge >= 0.3 is 5.97 Å². The largest absolute Gasteiger partial charge is 0.465 e. The molecule has 13 nitrogen and oxygen atoms in total. The zero-order valence-electron chi connectivity index (χ0n) is 21.5. The van der Waals surface area contributed by atoms with Crippen LogP contribution < -0.4 is 15.5 Å². The first kappa shape index (κ1) is 28.4. The summed E-state index contributed by atoms with van der Waals surface area (Å²) in [5.74, 6) is -1.45. The molecule has 3 N–H and O–H groups in total. The number of methoxy groups -OCH3 is 1. The van der Waals surface area contributed by atoms with Crippen LogP contribution in [0.25, 0.3) is 0 Å². The van der Waals surface area contributed by atoms with Crippen molar-refractivity contribution in [2.24, 2.45) is 0 Å². The average molecular weight is 568 g/mol. The monoisotopic (exact) mass is 567 g/mol. The summed E-state index contributed by atoms with van der Waals surface area (Å²) in [5, 5.41) is 14.7. The van der Waals surface area contributed by atoms with Crippen molar-refractivity contribution in [3.63, 3.8) is 0 Å². The van der Waals surface area contributed by atoms with Crippen LogP contribution >= 0.6 is 11.6 Å². The van der Waals surface area contributed by atoms with Crippen molar-refractivity contribution in [1.29, 1.82) is 0 Å². The number of aliphatic hydroxyl groups excluding tert-OH is 1. The maximum Gasteiger partial charge on any atom is 0.337 e. The Morgan fingerprint density at radius 1 is 0.950 bits per heavy atom. The Morgan fingerprint density at radius 3 is 2.45 bits per heavy atom. The molecule has 0 bridgehead atoms. The first-order valence-corrected chi connectivity index (χ1v) is 12.6. The minimum atomic E-state index is -0.657. The van der Waals surface area contributed by atoms with Crippen molar-refractivity contribution >= 4 is 52.6 Å². The van der Waals surface area contributed by atoms with Crippen molar-refractivity contribution in [2.45, 2.75) is 6.42 Å². The van der Waals surface area contributed by atoms with Crippen LogP contribution in [0.15, 0.2) is 48.9 Å². The molecule has 3 amide bonds. The topological polar surface area (TPSA) is 167 Å². The summed E-state index contributed by atoms with van der Waals surface area (Å²) in [6, 6.07) is 7.19. The number of aliphatic hydroxyl groups is 1. The number of halogens is 1. The van der Waals surface area contributed by atoms with Gasteiger partial charge in [-0.15, -0.1) is 0 Å². The van der Waals surface area contributed by atoms with E-state index in [9.17, 15) is 19.2 Å². The van der Waals surface area contributed by atoms with E-state index in [2.05, 4.69) is 25.6 Å². The molecule has 208 valence electrons. The van der Waals surface area contributed by atoms with Crippen LogP contribution in [0.2, 0.25) is 5.02 Å². The molecule has 1 aliphatic rings. The van der Waals surface area contributed by atoms with Gasteiger partial charge in [-0.3, -0.25) is 14.4 Å². The smallest absolute Gasteiger partial charge is 0.337 e. The van der Waals surface area contributed by atoms with E-state index in [-0.39, 0.29) is 34.2 Å². The number of nitrogens with one attached hydrogen (secondary N) is 2. The van der Waals surface area contributed by atoms with Gasteiger partial charge in [0.05, 0.1) is 41.3 Å². The molecule has 0 unspecified atom stereocenters. The maximum absolute atomic E-state index is 13.1. The molecule has 14 heteroatoms. The van der Waals surface area contributed by atoms with Crippen molar-refractivity contribution in [2.75, 3.05) is 55.4 Å². The van der Waals surface area contributed by atoms with E-state index in [1.807, 2.05) is 4.90 Å². The second-order valence-corrected chi connectivity index (χ2v) is 9.10. The summed E-state index contributed by atoms with van der Waals surface area (Å²) in [4.78, 5) is 66.1. The van der Waals surface area contributed by atoms with Gasteiger partial charge in [0.2, 0.25) is 5.91 Å². The van der Waals surface area contributed by atoms with Gasteiger partial charge in [0.15, 0.2) is 0 Å². The number of aromatic nitrogens is 3. The Hall–Kier alpha value is -4.62. The number of ether oxygens (including phenoxy) is 1. The van der Waals surface area contributed by atoms with Gasteiger partial charge in [-0.25, -0.2) is 19.7 Å². The summed E-state index contributed by atoms with van der Waals surface area (Å²) < 4.78 is 4.76. The number of anilines is 3. The van der Waals surface area contributed by atoms with E-state index < -0.39 is 24.4 Å². The van der Waals surface area contributed by atoms with Crippen molar-refractivity contribution < 1.29 is 29.0 Å². The van der Waals surface area contributed by atoms with E-state index in [1.165, 1.54) is 50.0 Å². The minimum Gasteiger partial charge on any atom is -0.465 e. The van der Waals surface area contributed by atoms with Gasteiger partial charge in [-0.1, -0.05) is 11.6 Å². The molecule has 0 saturated carbocycles. The number of rotatable bonds is 7. The predicted octanol–water partition coefficient (Wildman–Crippen LogP) is 1.85. The molecule has 0 spiro atoms. The summed E-state index contributed by atoms with van der Waals surface area (Å²) in [5.41, 5.74) is 0.209. The van der Waals surface area contributed by atoms with Crippen LogP contribution in [-0.4, -0.2) is 88.5 Å². The summed E-state index contributed by atoms with van der Waals surface area (Å²) in [6.45, 7) is 1.53. The summed E-state index contributed by atoms with van der Waals surface area (Å²) in [7, 11) is 1.22. The van der Waals surface area contributed by atoms with E-state index in [0.29, 0.717) is 43.4 Å². The molecule has 3 heterocycles. The Morgan fingerprint density at radius 2 is 1.77 bits per heavy atom. The third-order valence-electron chi connectivity index (χ3n) is 6.08. The molecule has 0 radical (unpaired) electrons. The fourth-order valence-electron chi connectivity index (χ4n) is 4.01. The lowest BCUT2D eigenvalue weighted by Gasteiger charge is -2.22. The number of carbonyl (C=O) groups is 4. The third kappa shape index (κ3) is 6.87. The Labute approximate surface area is 234 Å². The molecule has 1 fully saturated rings. The van der Waals surface area contributed by atoms with E-state index in [4.69, 9.17) is 21.4 Å². The first-order valence-electron chi connectivity index (χ1n) is 12.2. The Balaban J connectivity index is 1.51. The number of hydrogen-bond acceptors (Lipinski definition) is 10. The van der Waals surface area contributed by atoms with Gasteiger partial charge in [0.25, 0.3) is 11.8 Å². The number of hydrogen-bond donors (Lipinski definition) is 3. The van der Waals surface area contributed by atoms with Crippen LogP contribution in [-0.2, 0) is 9.53 Å². The van der Waals surface area contributed by atoms with Crippen LogP contribution in [0.5, 0.6) is 0 Å². The molecule has 3 aromatic rings. The van der Waals surface area contributed by atoms with Crippen LogP contribution in [0, 0.1) is 0 Å². The standard InChI is InChI=1S/C26H26ClN7O6/c1-40-26(39)16-3-5-18(24(37)32-21-6-4-17(27)12-29-21)19(11-16)31-25(38)20-13-30-22(14-28-20)33-7-2-8-34(10-9-33)23(36)15-35/h3-6,11-14,35H,2,7-10,15H2,1H3,(H,31,38)(H,29,32,37). The molecule has 0 aliphatic carbocycles. The Bertz CT molecular complexity index is 1400. The minimum absolute atomic E-state index is 0.0233. The lowest BCUT2D eigenvalue weighted by molar-refractivity contribution is -0.133. The van der Waals surface area contributed by atoms with Gasteiger partial charge in [-0.2, -0.15) is 0 Å². The molecule has 0 atom stereocenters. The molecule has 1 aromatic carbocycles. The highest BCUT2D eigenvalue weighted by molar-refractivity contribution is 6.30. The molecule has 40 heavy (non-hydrogen) atoms. The molecule has 1 saturated heterocycles. The number of carbonyl (C=O) groups excluding carboxylic acids is 4. The number of pyridine rings is 1. The summed E-state index contributed by atoms with van der Waals surface area (Å²) in [6.07, 6.45) is 4.80. The van der Waals surface area contributed by atoms with Crippen molar-refractivity contribution in [3.05, 3.63) is 70.8 Å². The van der Waals surface area contributed by atoms with Crippen LogP contribution in [0.3, 0.4) is 0 Å². The second-order valence-electron chi connectivity index (χ2n) is 8.66. The van der Waals surface area contributed by atoms with E-state index in [1.54, 1.807) is 11.0 Å². The quantitative estimate of drug-likeness (QED) is 0.358. The lowest BCUT2D eigenvalue weighted by atomic mass is 10.1. The number of esters is 1. The average Bonchev–Trinajstić information content (AvgIpc) is 3.24. The van der Waals surface area contributed by atoms with Crippen LogP contribution in [0.4, 0.5) is 17.3 Å². The van der Waals surface area contributed by atoms with E-state index in [0.717, 1.165) is 0 Å². The zero-order chi connectivity index (χ0) is 28.6. The number of nitrogens with zero attached hydrogens (tertiary/aromatic N) is 5. The third-order valence-corrected chi connectivity index (χ3v) is 6.30. The molecule has 4 rings (SSSR count). The van der Waals surface area contributed by atoms with Gasteiger partial charge in [0.1, 0.15) is 23.9 Å². The zero-order valence-corrected chi connectivity index (χ0v) is 22.2. The fourth-order valence-corrected chi connectivity index (χ4v) is 4.12. The SMILES string of the molecule is COC(=O)c1ccc(C(=O)Nc2ccc(Cl)cn2)c(NC(=O)c2cnc(N3CCCN(C(=O)CO)CC3)cn2)c1. The number of amides is 3. The molecular formula is C26H26ClN7O6. The van der Waals surface area contributed by atoms with Crippen LogP contribution in [0.1, 0.15) is 37.6 Å². The highest BCUT2D eigenvalue weighted by atomic mass is 35.5. The highest BCUT2D eigenvalue weighted by Gasteiger charge is 2.21. The molecule has 2 aromatic heterocycles. The second kappa shape index (κ2) is 13.0. The first-order chi connectivity index (χ1) is 19.3. The normalized spacial score (nSPS) is 13.3. The highest BCUT2D eigenvalue weighted by Crippen LogP contribution is 2.22. The maximum atomic E-state index is 13.1. The predicted molar refractivity (Wildman–Crippen MR) is 145 cm³/mol. The number of benzene rings is 1. The molecule has 1 aliphatic heterocycles. The van der Waals surface area contributed by atoms with Gasteiger partial charge < -0.3 is 30.3 Å². The Kier molecular flexibility index (Phi) is 9.19. The van der Waals surface area contributed by atoms with Crippen molar-refractivity contribution in [1.82, 2.24) is 19.9 Å². The lowest BCUT2D eigenvalue weighted by Crippen LogP contribution is -2.37. The van der Waals surface area contributed by atoms with Gasteiger partial charge in [0, 0.05) is 32.4 Å². The van der Waals surface area contributed by atoms with E-state index >= 15 is 0 Å².